The molecule has 3 N–H and O–H groups in total. The van der Waals surface area contributed by atoms with E-state index in [0.29, 0.717) is 12.1 Å². The zero-order valence-electron chi connectivity index (χ0n) is 23.0. The fraction of sp³-hybridized carbons (Fsp3) is 0.517. The first-order chi connectivity index (χ1) is 19.5. The number of nitrogens with zero attached hydrogens (tertiary/aromatic N) is 1. The second kappa shape index (κ2) is 12.9. The molecule has 8 nitrogen and oxygen atoms in total. The van der Waals surface area contributed by atoms with E-state index in [-0.39, 0.29) is 17.5 Å². The van der Waals surface area contributed by atoms with Crippen LogP contribution >= 0.6 is 15.9 Å². The fourth-order valence-electron chi connectivity index (χ4n) is 6.27. The first kappa shape index (κ1) is 31.0. The Balaban J connectivity index is 0.000000493. The topological polar surface area (TPSA) is 100 Å². The smallest absolute Gasteiger partial charge is 0.490 e. The number of amides is 2. The average molecular weight is 643 g/mol. The van der Waals surface area contributed by atoms with Crippen LogP contribution < -0.4 is 20.1 Å². The van der Waals surface area contributed by atoms with Crippen LogP contribution in [0.2, 0.25) is 0 Å². The first-order valence-corrected chi connectivity index (χ1v) is 14.4. The van der Waals surface area contributed by atoms with Gasteiger partial charge in [0, 0.05) is 33.7 Å². The number of rotatable bonds is 6. The number of benzene rings is 2. The van der Waals surface area contributed by atoms with Crippen molar-refractivity contribution >= 4 is 33.6 Å². The van der Waals surface area contributed by atoms with Gasteiger partial charge in [-0.15, -0.1) is 0 Å². The number of aliphatic carboxylic acids is 1. The van der Waals surface area contributed by atoms with Crippen molar-refractivity contribution in [1.29, 1.82) is 0 Å². The maximum Gasteiger partial charge on any atom is 0.490 e. The Morgan fingerprint density at radius 2 is 1.76 bits per heavy atom. The van der Waals surface area contributed by atoms with Crippen LogP contribution in [-0.2, 0) is 10.2 Å². The van der Waals surface area contributed by atoms with Gasteiger partial charge in [0.25, 0.3) is 0 Å². The van der Waals surface area contributed by atoms with E-state index in [0.717, 1.165) is 53.9 Å². The number of halogens is 4. The van der Waals surface area contributed by atoms with Crippen LogP contribution in [0.4, 0.5) is 23.7 Å². The molecule has 2 amide bonds. The van der Waals surface area contributed by atoms with E-state index in [2.05, 4.69) is 43.6 Å². The molecule has 3 aliphatic rings. The summed E-state index contributed by atoms with van der Waals surface area (Å²) in [5.74, 6) is -1.19. The number of likely N-dealkylation sites (tertiary alicyclic amines) is 1. The van der Waals surface area contributed by atoms with Crippen molar-refractivity contribution in [3.63, 3.8) is 0 Å². The largest absolute Gasteiger partial charge is 0.493 e. The van der Waals surface area contributed by atoms with Gasteiger partial charge in [0.1, 0.15) is 0 Å². The Labute approximate surface area is 245 Å². The van der Waals surface area contributed by atoms with E-state index < -0.39 is 12.1 Å². The van der Waals surface area contributed by atoms with Crippen molar-refractivity contribution in [3.8, 4) is 11.5 Å². The summed E-state index contributed by atoms with van der Waals surface area (Å²) in [6.45, 7) is 1.13. The van der Waals surface area contributed by atoms with Crippen molar-refractivity contribution in [2.24, 2.45) is 0 Å². The molecule has 2 aromatic rings. The molecular weight excluding hydrogens is 607 g/mol. The molecule has 3 atom stereocenters. The number of urea groups is 1. The third-order valence-electron chi connectivity index (χ3n) is 8.46. The summed E-state index contributed by atoms with van der Waals surface area (Å²) < 4.78 is 43.8. The molecule has 0 bridgehead atoms. The van der Waals surface area contributed by atoms with Gasteiger partial charge in [0.05, 0.1) is 14.2 Å². The molecule has 1 heterocycles. The summed E-state index contributed by atoms with van der Waals surface area (Å²) in [5, 5.41) is 13.4. The lowest BCUT2D eigenvalue weighted by Crippen LogP contribution is -2.55. The van der Waals surface area contributed by atoms with Crippen LogP contribution in [0.3, 0.4) is 0 Å². The minimum absolute atomic E-state index is 0.0914. The van der Waals surface area contributed by atoms with Crippen molar-refractivity contribution in [2.75, 3.05) is 26.1 Å². The fourth-order valence-corrected chi connectivity index (χ4v) is 6.67. The predicted molar refractivity (Wildman–Crippen MR) is 152 cm³/mol. The molecule has 1 saturated heterocycles. The number of hydrogen-bond acceptors (Lipinski definition) is 5. The van der Waals surface area contributed by atoms with Crippen LogP contribution in [0.1, 0.15) is 50.5 Å². The van der Waals surface area contributed by atoms with Crippen molar-refractivity contribution in [2.45, 2.75) is 74.7 Å². The van der Waals surface area contributed by atoms with Gasteiger partial charge in [-0.25, -0.2) is 9.59 Å². The Morgan fingerprint density at radius 3 is 2.34 bits per heavy atom. The highest BCUT2D eigenvalue weighted by atomic mass is 79.9. The first-order valence-electron chi connectivity index (χ1n) is 13.6. The van der Waals surface area contributed by atoms with Gasteiger partial charge in [-0.05, 0) is 81.0 Å². The third-order valence-corrected chi connectivity index (χ3v) is 8.96. The number of fused-ring (bicyclic) bond motifs is 1. The molecule has 3 fully saturated rings. The highest BCUT2D eigenvalue weighted by Gasteiger charge is 2.53. The number of carboxylic acids is 1. The number of ether oxygens (including phenoxy) is 2. The maximum absolute atomic E-state index is 12.8. The quantitative estimate of drug-likeness (QED) is 0.340. The molecule has 2 aliphatic carbocycles. The molecule has 2 aromatic carbocycles. The Kier molecular flexibility index (Phi) is 9.73. The third kappa shape index (κ3) is 7.09. The van der Waals surface area contributed by atoms with E-state index in [1.807, 2.05) is 30.3 Å². The van der Waals surface area contributed by atoms with E-state index in [4.69, 9.17) is 19.4 Å². The van der Waals surface area contributed by atoms with Gasteiger partial charge < -0.3 is 25.2 Å². The summed E-state index contributed by atoms with van der Waals surface area (Å²) in [6, 6.07) is 15.3. The number of carbonyl (C=O) groups is 2. The zero-order valence-corrected chi connectivity index (χ0v) is 24.6. The van der Waals surface area contributed by atoms with Gasteiger partial charge in [-0.1, -0.05) is 34.5 Å². The predicted octanol–water partition coefficient (Wildman–Crippen LogP) is 6.34. The second-order valence-electron chi connectivity index (χ2n) is 10.7. The van der Waals surface area contributed by atoms with Gasteiger partial charge in [-0.3, -0.25) is 4.90 Å². The second-order valence-corrected chi connectivity index (χ2v) is 11.6. The highest BCUT2D eigenvalue weighted by Crippen LogP contribution is 2.52. The lowest BCUT2D eigenvalue weighted by atomic mass is 9.64. The standard InChI is InChI=1S/C27H34BrN3O3.C2HF3O2/c1-33-23-10-9-18(15-24(23)34-2)27-12-11-21(17-25(27)31(14-13-27)22-7-4-8-22)30-26(32)29-20-6-3-5-19(28)16-20;3-2(4,5)1(6)7/h3,5-6,9-10,15-16,21-22,25H,4,7-8,11-14,17H2,1-2H3,(H2,29,30,32);(H,6,7)/t21-,25+,27+;/m1./s1. The van der Waals surface area contributed by atoms with Gasteiger partial charge in [-0.2, -0.15) is 13.2 Å². The van der Waals surface area contributed by atoms with Crippen LogP contribution in [0.15, 0.2) is 46.9 Å². The molecular formula is C29H35BrF3N3O5. The highest BCUT2D eigenvalue weighted by molar-refractivity contribution is 9.10. The van der Waals surface area contributed by atoms with E-state index in [9.17, 15) is 18.0 Å². The number of nitrogens with one attached hydrogen (secondary N) is 2. The number of hydrogen-bond donors (Lipinski definition) is 3. The number of methoxy groups -OCH3 is 2. The SMILES string of the molecule is COc1ccc([C@@]23CC[C@@H](NC(=O)Nc4cccc(Br)c4)C[C@@H]2N(C2CCC2)CC3)cc1OC.O=C(O)C(F)(F)F. The normalized spacial score (nSPS) is 24.2. The maximum atomic E-state index is 12.8. The van der Waals surface area contributed by atoms with E-state index in [1.54, 1.807) is 14.2 Å². The van der Waals surface area contributed by atoms with Gasteiger partial charge in [0.15, 0.2) is 11.5 Å². The molecule has 0 spiro atoms. The van der Waals surface area contributed by atoms with Crippen LogP contribution in [0, 0.1) is 0 Å². The van der Waals surface area contributed by atoms with Gasteiger partial charge >= 0.3 is 18.2 Å². The number of carbonyl (C=O) groups excluding carboxylic acids is 1. The molecule has 0 unspecified atom stereocenters. The number of anilines is 1. The van der Waals surface area contributed by atoms with Crippen molar-refractivity contribution in [1.82, 2.24) is 10.2 Å². The van der Waals surface area contributed by atoms with E-state index >= 15 is 0 Å². The van der Waals surface area contributed by atoms with Gasteiger partial charge in [0.2, 0.25) is 0 Å². The van der Waals surface area contributed by atoms with Crippen LogP contribution in [0.25, 0.3) is 0 Å². The Morgan fingerprint density at radius 1 is 1.05 bits per heavy atom. The molecule has 12 heteroatoms. The van der Waals surface area contributed by atoms with Crippen molar-refractivity contribution < 1.29 is 37.3 Å². The monoisotopic (exact) mass is 641 g/mol. The molecule has 0 radical (unpaired) electrons. The molecule has 1 aliphatic heterocycles. The lowest BCUT2D eigenvalue weighted by Gasteiger charge is -2.48. The Hall–Kier alpha value is -2.99. The molecule has 41 heavy (non-hydrogen) atoms. The summed E-state index contributed by atoms with van der Waals surface area (Å²) in [6.07, 6.45) is 2.97. The lowest BCUT2D eigenvalue weighted by molar-refractivity contribution is -0.192. The minimum Gasteiger partial charge on any atom is -0.493 e. The van der Waals surface area contributed by atoms with Crippen LogP contribution in [-0.4, -0.2) is 67.1 Å². The van der Waals surface area contributed by atoms with E-state index in [1.165, 1.54) is 24.8 Å². The average Bonchev–Trinajstić information content (AvgIpc) is 3.26. The summed E-state index contributed by atoms with van der Waals surface area (Å²) in [5.41, 5.74) is 2.22. The molecule has 224 valence electrons. The summed E-state index contributed by atoms with van der Waals surface area (Å²) >= 11 is 3.47. The molecule has 5 rings (SSSR count). The zero-order chi connectivity index (χ0) is 29.8. The van der Waals surface area contributed by atoms with Crippen molar-refractivity contribution in [3.05, 3.63) is 52.5 Å². The number of alkyl halides is 3. The molecule has 0 aromatic heterocycles. The minimum atomic E-state index is -5.08. The summed E-state index contributed by atoms with van der Waals surface area (Å²) in [7, 11) is 3.39. The Bertz CT molecular complexity index is 1240. The summed E-state index contributed by atoms with van der Waals surface area (Å²) in [4.78, 5) is 24.4. The van der Waals surface area contributed by atoms with Crippen LogP contribution in [0.5, 0.6) is 11.5 Å². The number of carboxylic acid groups (broad SMARTS) is 1. The molecule has 2 saturated carbocycles.